The molecule has 1 aromatic heterocycles. The van der Waals surface area contributed by atoms with Crippen LogP contribution in [0.4, 0.5) is 23.2 Å². The third-order valence-electron chi connectivity index (χ3n) is 5.20. The number of rotatable bonds is 8. The molecule has 0 saturated heterocycles. The van der Waals surface area contributed by atoms with Crippen molar-refractivity contribution in [1.29, 1.82) is 0 Å². The zero-order chi connectivity index (χ0) is 26.5. The maximum absolute atomic E-state index is 13.7. The van der Waals surface area contributed by atoms with Gasteiger partial charge in [-0.25, -0.2) is 4.39 Å². The molecule has 3 aromatic rings. The van der Waals surface area contributed by atoms with Crippen molar-refractivity contribution in [2.75, 3.05) is 31.9 Å². The summed E-state index contributed by atoms with van der Waals surface area (Å²) in [5, 5.41) is 0. The summed E-state index contributed by atoms with van der Waals surface area (Å²) in [4.78, 5) is 30.1. The Morgan fingerprint density at radius 2 is 1.81 bits per heavy atom. The van der Waals surface area contributed by atoms with E-state index in [1.54, 1.807) is 6.07 Å². The highest BCUT2D eigenvalue weighted by Gasteiger charge is 2.32. The van der Waals surface area contributed by atoms with Crippen LogP contribution in [0.2, 0.25) is 0 Å². The molecule has 190 valence electrons. The van der Waals surface area contributed by atoms with E-state index in [2.05, 4.69) is 9.72 Å². The molecule has 1 heterocycles. The van der Waals surface area contributed by atoms with Crippen LogP contribution >= 0.6 is 11.8 Å². The third kappa shape index (κ3) is 6.34. The van der Waals surface area contributed by atoms with Crippen LogP contribution in [0, 0.1) is 5.82 Å². The van der Waals surface area contributed by atoms with Crippen molar-refractivity contribution in [3.8, 4) is 16.9 Å². The second-order valence-electron chi connectivity index (χ2n) is 7.52. The minimum Gasteiger partial charge on any atom is -0.496 e. The fourth-order valence-electron chi connectivity index (χ4n) is 3.40. The summed E-state index contributed by atoms with van der Waals surface area (Å²) in [6.07, 6.45) is -1.83. The molecule has 0 radical (unpaired) electrons. The normalized spacial score (nSPS) is 11.2. The summed E-state index contributed by atoms with van der Waals surface area (Å²) in [7, 11) is 4.00. The lowest BCUT2D eigenvalue weighted by Crippen LogP contribution is -2.27. The molecule has 1 amide bonds. The van der Waals surface area contributed by atoms with Crippen molar-refractivity contribution in [3.05, 3.63) is 71.8 Å². The molecule has 0 aliphatic carbocycles. The highest BCUT2D eigenvalue weighted by Crippen LogP contribution is 2.38. The van der Waals surface area contributed by atoms with Gasteiger partial charge in [-0.1, -0.05) is 0 Å². The zero-order valence-electron chi connectivity index (χ0n) is 19.6. The highest BCUT2D eigenvalue weighted by molar-refractivity contribution is 7.99. The Bertz CT molecular complexity index is 1270. The van der Waals surface area contributed by atoms with Gasteiger partial charge in [0.15, 0.2) is 0 Å². The number of hydrogen-bond acceptors (Lipinski definition) is 6. The van der Waals surface area contributed by atoms with E-state index in [1.807, 2.05) is 0 Å². The van der Waals surface area contributed by atoms with Gasteiger partial charge in [0.25, 0.3) is 5.91 Å². The first-order chi connectivity index (χ1) is 17.0. The van der Waals surface area contributed by atoms with Gasteiger partial charge >= 0.3 is 12.1 Å². The van der Waals surface area contributed by atoms with Crippen molar-refractivity contribution in [2.45, 2.75) is 17.5 Å². The summed E-state index contributed by atoms with van der Waals surface area (Å²) in [6, 6.07) is 8.53. The Kier molecular flexibility index (Phi) is 8.57. The summed E-state index contributed by atoms with van der Waals surface area (Å²) < 4.78 is 64.3. The van der Waals surface area contributed by atoms with E-state index in [0.29, 0.717) is 11.1 Å². The number of methoxy groups -OCH3 is 2. The van der Waals surface area contributed by atoms with Crippen molar-refractivity contribution in [2.24, 2.45) is 0 Å². The predicted octanol–water partition coefficient (Wildman–Crippen LogP) is 5.85. The monoisotopic (exact) mass is 522 g/mol. The molecule has 2 aromatic carbocycles. The first kappa shape index (κ1) is 27.0. The molecule has 3 rings (SSSR count). The van der Waals surface area contributed by atoms with Crippen LogP contribution in [0.25, 0.3) is 11.1 Å². The average Bonchev–Trinajstić information content (AvgIpc) is 2.86. The standard InChI is InChI=1S/C25H22F4N2O4S/c1-31(21-14-30-8-6-19(21)20-5-4-17(26)13-22(20)34-2)24(33)15-10-16(25(27,28)29)12-18(11-15)36-9-7-23(32)35-3/h4-6,8,10-14H,7,9H2,1-3H3. The van der Waals surface area contributed by atoms with Gasteiger partial charge in [-0.2, -0.15) is 13.2 Å². The zero-order valence-corrected chi connectivity index (χ0v) is 20.4. The van der Waals surface area contributed by atoms with Crippen LogP contribution in [-0.4, -0.2) is 43.9 Å². The van der Waals surface area contributed by atoms with Crippen molar-refractivity contribution < 1.29 is 36.6 Å². The lowest BCUT2D eigenvalue weighted by Gasteiger charge is -2.22. The van der Waals surface area contributed by atoms with Gasteiger partial charge in [0.05, 0.1) is 38.1 Å². The number of alkyl halides is 3. The van der Waals surface area contributed by atoms with Gasteiger partial charge < -0.3 is 14.4 Å². The fourth-order valence-corrected chi connectivity index (χ4v) is 4.32. The summed E-state index contributed by atoms with van der Waals surface area (Å²) in [5.41, 5.74) is 0.0313. The molecular formula is C25H22F4N2O4S. The molecule has 0 aliphatic heterocycles. The Morgan fingerprint density at radius 3 is 2.47 bits per heavy atom. The van der Waals surface area contributed by atoms with E-state index in [9.17, 15) is 27.2 Å². The van der Waals surface area contributed by atoms with Crippen molar-refractivity contribution in [3.63, 3.8) is 0 Å². The Morgan fingerprint density at radius 1 is 1.06 bits per heavy atom. The second-order valence-corrected chi connectivity index (χ2v) is 8.69. The molecule has 0 saturated carbocycles. The van der Waals surface area contributed by atoms with E-state index >= 15 is 0 Å². The van der Waals surface area contributed by atoms with Crippen LogP contribution in [0.5, 0.6) is 5.75 Å². The molecule has 0 atom stereocenters. The number of anilines is 1. The fraction of sp³-hybridized carbons (Fsp3) is 0.240. The molecule has 6 nitrogen and oxygen atoms in total. The third-order valence-corrected chi connectivity index (χ3v) is 6.18. The number of halogens is 4. The number of carbonyl (C=O) groups excluding carboxylic acids is 2. The van der Waals surface area contributed by atoms with Crippen LogP contribution in [0.15, 0.2) is 59.8 Å². The maximum Gasteiger partial charge on any atom is 0.416 e. The van der Waals surface area contributed by atoms with Crippen LogP contribution in [0.3, 0.4) is 0 Å². The smallest absolute Gasteiger partial charge is 0.416 e. The van der Waals surface area contributed by atoms with Gasteiger partial charge in [0, 0.05) is 46.6 Å². The summed E-state index contributed by atoms with van der Waals surface area (Å²) >= 11 is 1.00. The average molecular weight is 523 g/mol. The predicted molar refractivity (Wildman–Crippen MR) is 128 cm³/mol. The lowest BCUT2D eigenvalue weighted by atomic mass is 10.0. The maximum atomic E-state index is 13.7. The number of benzene rings is 2. The largest absolute Gasteiger partial charge is 0.496 e. The number of thioether (sulfide) groups is 1. The van der Waals surface area contributed by atoms with E-state index in [4.69, 9.17) is 4.74 Å². The quantitative estimate of drug-likeness (QED) is 0.210. The van der Waals surface area contributed by atoms with Gasteiger partial charge in [-0.15, -0.1) is 11.8 Å². The molecule has 0 spiro atoms. The number of carbonyl (C=O) groups is 2. The van der Waals surface area contributed by atoms with E-state index in [-0.39, 0.29) is 34.1 Å². The lowest BCUT2D eigenvalue weighted by molar-refractivity contribution is -0.140. The van der Waals surface area contributed by atoms with E-state index < -0.39 is 29.4 Å². The van der Waals surface area contributed by atoms with E-state index in [1.165, 1.54) is 62.8 Å². The molecular weight excluding hydrogens is 500 g/mol. The van der Waals surface area contributed by atoms with Crippen molar-refractivity contribution in [1.82, 2.24) is 4.98 Å². The van der Waals surface area contributed by atoms with E-state index in [0.717, 1.165) is 23.9 Å². The molecule has 0 bridgehead atoms. The summed E-state index contributed by atoms with van der Waals surface area (Å²) in [6.45, 7) is 0. The molecule has 0 N–H and O–H groups in total. The second kappa shape index (κ2) is 11.4. The molecule has 0 fully saturated rings. The minimum atomic E-state index is -4.69. The first-order valence-corrected chi connectivity index (χ1v) is 11.5. The van der Waals surface area contributed by atoms with Crippen LogP contribution in [-0.2, 0) is 15.7 Å². The Labute approximate surface area is 209 Å². The van der Waals surface area contributed by atoms with Gasteiger partial charge in [0.1, 0.15) is 11.6 Å². The number of hydrogen-bond donors (Lipinski definition) is 0. The number of amides is 1. The number of nitrogens with zero attached hydrogens (tertiary/aromatic N) is 2. The molecule has 11 heteroatoms. The number of esters is 1. The van der Waals surface area contributed by atoms with Gasteiger partial charge in [-0.3, -0.25) is 14.6 Å². The minimum absolute atomic E-state index is 0.000851. The topological polar surface area (TPSA) is 68.7 Å². The molecule has 0 aliphatic rings. The number of ether oxygens (including phenoxy) is 2. The number of pyridine rings is 1. The SMILES string of the molecule is COC(=O)CCSc1cc(C(=O)N(C)c2cnccc2-c2ccc(F)cc2OC)cc(C(F)(F)F)c1. The highest BCUT2D eigenvalue weighted by atomic mass is 32.2. The molecule has 36 heavy (non-hydrogen) atoms. The Hall–Kier alpha value is -3.60. The van der Waals surface area contributed by atoms with Crippen LogP contribution in [0.1, 0.15) is 22.3 Å². The summed E-state index contributed by atoms with van der Waals surface area (Å²) in [5.74, 6) is -1.34. The van der Waals surface area contributed by atoms with Crippen molar-refractivity contribution >= 4 is 29.3 Å². The van der Waals surface area contributed by atoms with Gasteiger partial charge in [-0.05, 0) is 36.4 Å². The first-order valence-electron chi connectivity index (χ1n) is 10.5. The van der Waals surface area contributed by atoms with Gasteiger partial charge in [0.2, 0.25) is 0 Å². The van der Waals surface area contributed by atoms with Crippen LogP contribution < -0.4 is 9.64 Å². The molecule has 0 unspecified atom stereocenters. The number of aromatic nitrogens is 1. The Balaban J connectivity index is 2.00.